The number of benzene rings is 1. The van der Waals surface area contributed by atoms with Gasteiger partial charge in [0.15, 0.2) is 0 Å². The van der Waals surface area contributed by atoms with E-state index in [1.165, 1.54) is 17.0 Å². The summed E-state index contributed by atoms with van der Waals surface area (Å²) in [7, 11) is -1.16. The first-order chi connectivity index (χ1) is 19.6. The Balaban J connectivity index is 1.53. The molecule has 2 aromatic rings. The van der Waals surface area contributed by atoms with Crippen molar-refractivity contribution in [3.05, 3.63) is 34.7 Å². The van der Waals surface area contributed by atoms with Crippen LogP contribution in [0.15, 0.2) is 24.3 Å². The third-order valence-electron chi connectivity index (χ3n) is 7.55. The Hall–Kier alpha value is -2.97. The molecule has 2 fully saturated rings. The van der Waals surface area contributed by atoms with E-state index in [0.29, 0.717) is 35.9 Å². The van der Waals surface area contributed by atoms with E-state index < -0.39 is 50.2 Å². The Morgan fingerprint density at radius 2 is 2.02 bits per heavy atom. The fraction of sp³-hybridized carbons (Fsp3) is 0.536. The molecule has 3 atom stereocenters. The number of fused-ring (bicyclic) bond motifs is 2. The van der Waals surface area contributed by atoms with Crippen LogP contribution in [0.1, 0.15) is 67.1 Å². The highest BCUT2D eigenvalue weighted by Gasteiger charge is 2.45. The van der Waals surface area contributed by atoms with E-state index >= 15 is 0 Å². The van der Waals surface area contributed by atoms with Gasteiger partial charge in [-0.1, -0.05) is 6.42 Å². The minimum absolute atomic E-state index is 0.217. The number of halogens is 2. The van der Waals surface area contributed by atoms with Crippen LogP contribution in [0.5, 0.6) is 0 Å². The maximum atomic E-state index is 14.1. The highest BCUT2D eigenvalue weighted by molar-refractivity contribution is 7.20. The lowest BCUT2D eigenvalue weighted by Gasteiger charge is -2.38. The fourth-order valence-corrected chi connectivity index (χ4v) is 6.65. The summed E-state index contributed by atoms with van der Waals surface area (Å²) in [6.07, 6.45) is 1.55. The number of unbranched alkanes of at least 4 members (excludes halogenated alkanes) is 3. The van der Waals surface area contributed by atoms with Crippen LogP contribution in [0, 0.1) is 11.8 Å². The van der Waals surface area contributed by atoms with Crippen LogP contribution in [0.2, 0.25) is 0 Å². The van der Waals surface area contributed by atoms with Crippen LogP contribution in [-0.2, 0) is 24.8 Å². The van der Waals surface area contributed by atoms with Gasteiger partial charge in [-0.3, -0.25) is 9.59 Å². The molecule has 3 heterocycles. The summed E-state index contributed by atoms with van der Waals surface area (Å²) in [6.45, 7) is 3.46. The summed E-state index contributed by atoms with van der Waals surface area (Å²) in [5, 5.41) is 12.9. The molecule has 0 bridgehead atoms. The van der Waals surface area contributed by atoms with Crippen molar-refractivity contribution in [2.75, 3.05) is 19.6 Å². The van der Waals surface area contributed by atoms with Gasteiger partial charge in [0.25, 0.3) is 5.91 Å². The summed E-state index contributed by atoms with van der Waals surface area (Å²) in [6, 6.07) is 3.05. The van der Waals surface area contributed by atoms with Crippen LogP contribution in [0.4, 0.5) is 8.78 Å². The number of hydrogen-bond donors (Lipinski definition) is 2. The first-order valence-electron chi connectivity index (χ1n) is 13.5. The molecule has 0 saturated carbocycles. The zero-order valence-corrected chi connectivity index (χ0v) is 24.3. The van der Waals surface area contributed by atoms with Gasteiger partial charge in [-0.2, -0.15) is 8.78 Å². The predicted molar refractivity (Wildman–Crippen MR) is 150 cm³/mol. The van der Waals surface area contributed by atoms with Crippen LogP contribution < -0.4 is 5.32 Å². The van der Waals surface area contributed by atoms with Crippen LogP contribution >= 0.6 is 20.0 Å². The highest BCUT2D eigenvalue weighted by Crippen LogP contribution is 2.36. The molecule has 13 heteroatoms. The molecular weight excluding hydrogens is 575 g/mol. The molecule has 4 rings (SSSR count). The van der Waals surface area contributed by atoms with E-state index in [-0.39, 0.29) is 17.5 Å². The third kappa shape index (κ3) is 7.46. The summed E-state index contributed by atoms with van der Waals surface area (Å²) >= 11 is 1.08. The lowest BCUT2D eigenvalue weighted by atomic mass is 10.1. The largest absolute Gasteiger partial charge is 0.480 e. The lowest BCUT2D eigenvalue weighted by Crippen LogP contribution is -2.59. The quantitative estimate of drug-likeness (QED) is 0.210. The van der Waals surface area contributed by atoms with Gasteiger partial charge in [0.1, 0.15) is 12.1 Å². The Bertz CT molecular complexity index is 1360. The van der Waals surface area contributed by atoms with Gasteiger partial charge in [-0.15, -0.1) is 23.2 Å². The van der Waals surface area contributed by atoms with E-state index in [9.17, 15) is 32.8 Å². The summed E-state index contributed by atoms with van der Waals surface area (Å²) in [4.78, 5) is 42.8. The van der Waals surface area contributed by atoms with Gasteiger partial charge >= 0.3 is 20.8 Å². The van der Waals surface area contributed by atoms with Gasteiger partial charge in [-0.25, -0.2) is 13.9 Å². The van der Waals surface area contributed by atoms with Gasteiger partial charge in [0, 0.05) is 30.3 Å². The normalized spacial score (nSPS) is 21.7. The Labute approximate surface area is 242 Å². The van der Waals surface area contributed by atoms with Crippen LogP contribution in [0.25, 0.3) is 10.1 Å². The molecule has 0 unspecified atom stereocenters. The molecule has 2 saturated heterocycles. The number of carboxylic acids is 1. The molecule has 2 aliphatic rings. The fourth-order valence-electron chi connectivity index (χ4n) is 5.51. The van der Waals surface area contributed by atoms with Crippen molar-refractivity contribution < 1.29 is 37.4 Å². The maximum absolute atomic E-state index is 14.1. The SMILES string of the molecule is CC#CCCCCCN1CC[C@H]2CC[C@@H](C(=O)O)N2C(=O)[C@@H](NC(=O)c2cc3cc(C(F)(F)OP=O)ccc3s2)C1. The van der Waals surface area contributed by atoms with E-state index in [4.69, 9.17) is 0 Å². The highest BCUT2D eigenvalue weighted by atomic mass is 32.1. The van der Waals surface area contributed by atoms with Gasteiger partial charge in [0.05, 0.1) is 10.4 Å². The molecule has 220 valence electrons. The van der Waals surface area contributed by atoms with E-state index in [2.05, 4.69) is 26.6 Å². The predicted octanol–water partition coefficient (Wildman–Crippen LogP) is 5.01. The smallest absolute Gasteiger partial charge is 0.393 e. The van der Waals surface area contributed by atoms with Gasteiger partial charge in [-0.05, 0) is 75.2 Å². The maximum Gasteiger partial charge on any atom is 0.393 e. The zero-order chi connectivity index (χ0) is 29.6. The first kappa shape index (κ1) is 31.0. The monoisotopic (exact) mass is 607 g/mol. The van der Waals surface area contributed by atoms with E-state index in [0.717, 1.165) is 55.7 Å². The summed E-state index contributed by atoms with van der Waals surface area (Å²) in [5.41, 5.74) is -0.509. The molecular formula is C28H32F2N3O6PS. The zero-order valence-electron chi connectivity index (χ0n) is 22.6. The molecule has 41 heavy (non-hydrogen) atoms. The van der Waals surface area contributed by atoms with Crippen LogP contribution in [-0.4, -0.2) is 70.4 Å². The van der Waals surface area contributed by atoms with Crippen molar-refractivity contribution in [3.8, 4) is 11.8 Å². The molecule has 0 radical (unpaired) electrons. The van der Waals surface area contributed by atoms with Crippen molar-refractivity contribution in [3.63, 3.8) is 0 Å². The van der Waals surface area contributed by atoms with Crippen molar-refractivity contribution in [2.24, 2.45) is 0 Å². The number of thiophene rings is 1. The minimum atomic E-state index is -3.77. The number of aliphatic carboxylic acids is 1. The van der Waals surface area contributed by atoms with Crippen molar-refractivity contribution in [1.29, 1.82) is 0 Å². The number of nitrogens with one attached hydrogen (secondary N) is 1. The van der Waals surface area contributed by atoms with Crippen molar-refractivity contribution in [1.82, 2.24) is 15.1 Å². The molecule has 2 aliphatic heterocycles. The third-order valence-corrected chi connectivity index (χ3v) is 8.96. The van der Waals surface area contributed by atoms with E-state index in [1.54, 1.807) is 0 Å². The minimum Gasteiger partial charge on any atom is -0.480 e. The summed E-state index contributed by atoms with van der Waals surface area (Å²) < 4.78 is 43.2. The number of rotatable bonds is 11. The molecule has 9 nitrogen and oxygen atoms in total. The number of hydrogen-bond acceptors (Lipinski definition) is 7. The number of amides is 2. The molecule has 1 aromatic heterocycles. The number of carboxylic acid groups (broad SMARTS) is 1. The number of alkyl halides is 2. The number of carbonyl (C=O) groups is 3. The first-order valence-corrected chi connectivity index (χ1v) is 15.1. The number of carbonyl (C=O) groups excluding carboxylic acids is 2. The summed E-state index contributed by atoms with van der Waals surface area (Å²) in [5.74, 6) is 3.91. The average molecular weight is 608 g/mol. The Morgan fingerprint density at radius 1 is 1.22 bits per heavy atom. The van der Waals surface area contributed by atoms with Crippen molar-refractivity contribution >= 4 is 47.9 Å². The average Bonchev–Trinajstić information content (AvgIpc) is 3.56. The van der Waals surface area contributed by atoms with E-state index in [1.807, 2.05) is 6.92 Å². The second kappa shape index (κ2) is 13.8. The number of nitrogens with zero attached hydrogens (tertiary/aromatic N) is 2. The topological polar surface area (TPSA) is 116 Å². The van der Waals surface area contributed by atoms with Crippen molar-refractivity contribution in [2.45, 2.75) is 76.1 Å². The Morgan fingerprint density at radius 3 is 2.76 bits per heavy atom. The second-order valence-electron chi connectivity index (χ2n) is 10.2. The molecule has 2 amide bonds. The second-order valence-corrected chi connectivity index (χ2v) is 11.6. The van der Waals surface area contributed by atoms with Crippen LogP contribution in [0.3, 0.4) is 0 Å². The standard InChI is InChI=1S/C28H32F2N3O6PS/c1-2-3-4-5-6-7-13-32-14-12-20-9-10-22(27(36)37)33(20)26(35)21(17-32)31-25(34)24-16-18-15-19(8-11-23(18)41-24)28(29,30)39-40-38/h8,11,15-16,20-22H,4-7,9-10,12-14,17H2,1H3,(H,31,34)(H,36,37)/t20-,21+,22+/m1/s1. The van der Waals surface area contributed by atoms with Gasteiger partial charge < -0.3 is 20.2 Å². The molecule has 0 spiro atoms. The van der Waals surface area contributed by atoms with Gasteiger partial charge in [0.2, 0.25) is 5.91 Å². The molecule has 1 aromatic carbocycles. The molecule has 0 aliphatic carbocycles. The lowest BCUT2D eigenvalue weighted by molar-refractivity contribution is -0.178. The Kier molecular flexibility index (Phi) is 10.4. The molecule has 2 N–H and O–H groups in total.